The molecule has 1 rings (SSSR count). The first-order valence-corrected chi connectivity index (χ1v) is 5.24. The van der Waals surface area contributed by atoms with Crippen molar-refractivity contribution in [2.45, 2.75) is 39.2 Å². The molecule has 0 radical (unpaired) electrons. The van der Waals surface area contributed by atoms with Crippen molar-refractivity contribution in [3.8, 4) is 0 Å². The highest BCUT2D eigenvalue weighted by Gasteiger charge is 2.15. The van der Waals surface area contributed by atoms with Gasteiger partial charge in [0.05, 0.1) is 6.54 Å². The topological polar surface area (TPSA) is 32.3 Å². The zero-order valence-corrected chi connectivity index (χ0v) is 8.68. The van der Waals surface area contributed by atoms with Crippen LogP contribution >= 0.6 is 0 Å². The normalized spacial score (nSPS) is 20.2. The van der Waals surface area contributed by atoms with Crippen LogP contribution < -0.4 is 5.32 Å². The largest absolute Gasteiger partial charge is 0.353 e. The van der Waals surface area contributed by atoms with Crippen LogP contribution in [0.1, 0.15) is 33.1 Å². The SMILES string of the molecule is CC[C@H](C)NC(=O)CN1CCCC1. The maximum Gasteiger partial charge on any atom is 0.234 e. The predicted octanol–water partition coefficient (Wildman–Crippen LogP) is 0.997. The van der Waals surface area contributed by atoms with E-state index < -0.39 is 0 Å². The Kier molecular flexibility index (Phi) is 4.22. The van der Waals surface area contributed by atoms with Crippen LogP contribution in [0.2, 0.25) is 0 Å². The van der Waals surface area contributed by atoms with E-state index in [0.717, 1.165) is 19.5 Å². The summed E-state index contributed by atoms with van der Waals surface area (Å²) >= 11 is 0. The molecule has 1 fully saturated rings. The van der Waals surface area contributed by atoms with Gasteiger partial charge < -0.3 is 5.32 Å². The molecule has 0 aromatic rings. The van der Waals surface area contributed by atoms with Gasteiger partial charge in [-0.2, -0.15) is 0 Å². The van der Waals surface area contributed by atoms with Crippen LogP contribution in [0.15, 0.2) is 0 Å². The van der Waals surface area contributed by atoms with Crippen molar-refractivity contribution >= 4 is 5.91 Å². The molecule has 1 aliphatic rings. The Morgan fingerprint density at radius 2 is 2.08 bits per heavy atom. The van der Waals surface area contributed by atoms with Gasteiger partial charge in [0.15, 0.2) is 0 Å². The highest BCUT2D eigenvalue weighted by molar-refractivity contribution is 5.78. The quantitative estimate of drug-likeness (QED) is 0.707. The van der Waals surface area contributed by atoms with Gasteiger partial charge in [0.25, 0.3) is 0 Å². The first-order valence-electron chi connectivity index (χ1n) is 5.24. The van der Waals surface area contributed by atoms with Crippen molar-refractivity contribution < 1.29 is 4.79 Å². The molecule has 0 unspecified atom stereocenters. The fourth-order valence-electron chi connectivity index (χ4n) is 1.57. The molecule has 1 amide bonds. The molecule has 0 aromatic carbocycles. The molecule has 0 spiro atoms. The molecule has 3 nitrogen and oxygen atoms in total. The van der Waals surface area contributed by atoms with Crippen molar-refractivity contribution in [1.82, 2.24) is 10.2 Å². The average molecular weight is 184 g/mol. The number of hydrogen-bond acceptors (Lipinski definition) is 2. The van der Waals surface area contributed by atoms with Crippen LogP contribution in [0.25, 0.3) is 0 Å². The maximum atomic E-state index is 11.4. The number of carbonyl (C=O) groups excluding carboxylic acids is 1. The third-order valence-electron chi connectivity index (χ3n) is 2.59. The third-order valence-corrected chi connectivity index (χ3v) is 2.59. The summed E-state index contributed by atoms with van der Waals surface area (Å²) in [7, 11) is 0. The van der Waals surface area contributed by atoms with E-state index in [1.54, 1.807) is 0 Å². The summed E-state index contributed by atoms with van der Waals surface area (Å²) in [6, 6.07) is 0.315. The summed E-state index contributed by atoms with van der Waals surface area (Å²) in [4.78, 5) is 13.6. The Morgan fingerprint density at radius 3 is 2.62 bits per heavy atom. The van der Waals surface area contributed by atoms with E-state index in [9.17, 15) is 4.79 Å². The summed E-state index contributed by atoms with van der Waals surface area (Å²) in [6.07, 6.45) is 3.50. The summed E-state index contributed by atoms with van der Waals surface area (Å²) in [5.41, 5.74) is 0. The van der Waals surface area contributed by atoms with E-state index in [1.807, 2.05) is 6.92 Å². The van der Waals surface area contributed by atoms with Crippen LogP contribution in [0.3, 0.4) is 0 Å². The molecule has 0 saturated carbocycles. The Morgan fingerprint density at radius 1 is 1.46 bits per heavy atom. The highest BCUT2D eigenvalue weighted by Crippen LogP contribution is 2.05. The van der Waals surface area contributed by atoms with Gasteiger partial charge in [-0.1, -0.05) is 6.92 Å². The number of nitrogens with zero attached hydrogens (tertiary/aromatic N) is 1. The van der Waals surface area contributed by atoms with E-state index in [2.05, 4.69) is 17.1 Å². The van der Waals surface area contributed by atoms with Crippen molar-refractivity contribution in [1.29, 1.82) is 0 Å². The van der Waals surface area contributed by atoms with Crippen molar-refractivity contribution in [3.63, 3.8) is 0 Å². The number of hydrogen-bond donors (Lipinski definition) is 1. The second-order valence-corrected chi connectivity index (χ2v) is 3.86. The molecule has 1 saturated heterocycles. The molecule has 1 aliphatic heterocycles. The third kappa shape index (κ3) is 3.77. The van der Waals surface area contributed by atoms with Crippen molar-refractivity contribution in [3.05, 3.63) is 0 Å². The minimum absolute atomic E-state index is 0.177. The van der Waals surface area contributed by atoms with E-state index in [0.29, 0.717) is 12.6 Å². The summed E-state index contributed by atoms with van der Waals surface area (Å²) in [5.74, 6) is 0.177. The fraction of sp³-hybridized carbons (Fsp3) is 0.900. The van der Waals surface area contributed by atoms with Gasteiger partial charge >= 0.3 is 0 Å². The molecule has 0 aromatic heterocycles. The van der Waals surface area contributed by atoms with Gasteiger partial charge in [-0.05, 0) is 39.3 Å². The zero-order chi connectivity index (χ0) is 9.68. The molecule has 0 bridgehead atoms. The Bertz CT molecular complexity index is 164. The lowest BCUT2D eigenvalue weighted by Crippen LogP contribution is -2.39. The van der Waals surface area contributed by atoms with Crippen LogP contribution in [-0.4, -0.2) is 36.5 Å². The standard InChI is InChI=1S/C10H20N2O/c1-3-9(2)11-10(13)8-12-6-4-5-7-12/h9H,3-8H2,1-2H3,(H,11,13)/t9-/m0/s1. The molecule has 13 heavy (non-hydrogen) atoms. The Balaban J connectivity index is 2.16. The summed E-state index contributed by atoms with van der Waals surface area (Å²) in [6.45, 7) is 6.90. The number of rotatable bonds is 4. The van der Waals surface area contributed by atoms with Gasteiger partial charge in [0.2, 0.25) is 5.91 Å². The Labute approximate surface area is 80.5 Å². The second-order valence-electron chi connectivity index (χ2n) is 3.86. The first kappa shape index (κ1) is 10.5. The number of amides is 1. The maximum absolute atomic E-state index is 11.4. The van der Waals surface area contributed by atoms with E-state index in [-0.39, 0.29) is 5.91 Å². The van der Waals surface area contributed by atoms with E-state index in [4.69, 9.17) is 0 Å². The highest BCUT2D eigenvalue weighted by atomic mass is 16.2. The lowest BCUT2D eigenvalue weighted by molar-refractivity contribution is -0.122. The minimum Gasteiger partial charge on any atom is -0.353 e. The predicted molar refractivity (Wildman–Crippen MR) is 53.6 cm³/mol. The van der Waals surface area contributed by atoms with Gasteiger partial charge in [-0.15, -0.1) is 0 Å². The number of carbonyl (C=O) groups is 1. The molecule has 0 aliphatic carbocycles. The van der Waals surface area contributed by atoms with Crippen LogP contribution in [-0.2, 0) is 4.79 Å². The second kappa shape index (κ2) is 5.22. The molecule has 76 valence electrons. The average Bonchev–Trinajstić information content (AvgIpc) is 2.56. The lowest BCUT2D eigenvalue weighted by atomic mass is 10.2. The van der Waals surface area contributed by atoms with Crippen molar-refractivity contribution in [2.75, 3.05) is 19.6 Å². The van der Waals surface area contributed by atoms with Gasteiger partial charge in [0, 0.05) is 6.04 Å². The molecular formula is C10H20N2O. The molecule has 1 atom stereocenters. The number of likely N-dealkylation sites (tertiary alicyclic amines) is 1. The minimum atomic E-state index is 0.177. The lowest BCUT2D eigenvalue weighted by Gasteiger charge is -2.16. The summed E-state index contributed by atoms with van der Waals surface area (Å²) < 4.78 is 0. The fourth-order valence-corrected chi connectivity index (χ4v) is 1.57. The van der Waals surface area contributed by atoms with Gasteiger partial charge in [-0.25, -0.2) is 0 Å². The van der Waals surface area contributed by atoms with E-state index >= 15 is 0 Å². The Hall–Kier alpha value is -0.570. The number of nitrogens with one attached hydrogen (secondary N) is 1. The van der Waals surface area contributed by atoms with Crippen molar-refractivity contribution in [2.24, 2.45) is 0 Å². The summed E-state index contributed by atoms with van der Waals surface area (Å²) in [5, 5.41) is 2.98. The molecule has 3 heteroatoms. The zero-order valence-electron chi connectivity index (χ0n) is 8.68. The van der Waals surface area contributed by atoms with Crippen LogP contribution in [0.4, 0.5) is 0 Å². The molecule has 1 N–H and O–H groups in total. The van der Waals surface area contributed by atoms with E-state index in [1.165, 1.54) is 12.8 Å². The first-order chi connectivity index (χ1) is 6.22. The van der Waals surface area contributed by atoms with Crippen LogP contribution in [0.5, 0.6) is 0 Å². The van der Waals surface area contributed by atoms with Gasteiger partial charge in [0.1, 0.15) is 0 Å². The monoisotopic (exact) mass is 184 g/mol. The van der Waals surface area contributed by atoms with Gasteiger partial charge in [-0.3, -0.25) is 9.69 Å². The smallest absolute Gasteiger partial charge is 0.234 e. The van der Waals surface area contributed by atoms with Crippen LogP contribution in [0, 0.1) is 0 Å². The molecular weight excluding hydrogens is 164 g/mol. The molecule has 1 heterocycles.